The van der Waals surface area contributed by atoms with E-state index in [1.54, 1.807) is 12.1 Å². The van der Waals surface area contributed by atoms with E-state index in [0.717, 1.165) is 22.3 Å². The van der Waals surface area contributed by atoms with Crippen LogP contribution in [0.5, 0.6) is 0 Å². The first kappa shape index (κ1) is 15.1. The number of hydrogen-bond donors (Lipinski definition) is 1. The molecular weight excluding hydrogens is 314 g/mol. The molecule has 2 heterocycles. The summed E-state index contributed by atoms with van der Waals surface area (Å²) in [6.07, 6.45) is 0. The Balaban J connectivity index is 2.04. The quantitative estimate of drug-likeness (QED) is 0.614. The second-order valence-electron chi connectivity index (χ2n) is 5.81. The number of fused-ring (bicyclic) bond motifs is 1. The van der Waals surface area contributed by atoms with E-state index in [4.69, 9.17) is 4.98 Å². The normalized spacial score (nSPS) is 10.9. The molecule has 4 rings (SSSR count). The van der Waals surface area contributed by atoms with Gasteiger partial charge in [0.05, 0.1) is 11.0 Å². The molecule has 1 N–H and O–H groups in total. The largest absolute Gasteiger partial charge is 0.477 e. The molecule has 0 atom stereocenters. The van der Waals surface area contributed by atoms with E-state index in [1.165, 1.54) is 6.07 Å². The second kappa shape index (κ2) is 5.87. The summed E-state index contributed by atoms with van der Waals surface area (Å²) in [5.41, 5.74) is 4.41. The van der Waals surface area contributed by atoms with Crippen molar-refractivity contribution in [1.82, 2.24) is 14.5 Å². The first-order chi connectivity index (χ1) is 12.1. The molecule has 0 saturated carbocycles. The highest BCUT2D eigenvalue weighted by molar-refractivity contribution is 5.87. The average Bonchev–Trinajstić information content (AvgIpc) is 3.01. The zero-order chi connectivity index (χ0) is 17.4. The number of carbonyl (C=O) groups is 1. The third-order valence-electron chi connectivity index (χ3n) is 4.02. The Hall–Kier alpha value is -3.47. The fourth-order valence-corrected chi connectivity index (χ4v) is 2.87. The van der Waals surface area contributed by atoms with Crippen LogP contribution in [-0.2, 0) is 0 Å². The lowest BCUT2D eigenvalue weighted by Crippen LogP contribution is -2.03. The number of nitrogens with zero attached hydrogens (tertiary/aromatic N) is 3. The third kappa shape index (κ3) is 2.65. The van der Waals surface area contributed by atoms with Crippen LogP contribution >= 0.6 is 0 Å². The fraction of sp³-hybridized carbons (Fsp3) is 0.0500. The standard InChI is InChI=1S/C20H15N3O2/c1-13-10-11-15-18(12-13)23(14-6-3-2-4-7-14)19(22-15)16-8-5-9-17(21-16)20(24)25/h2-12H,1H3,(H,24,25). The highest BCUT2D eigenvalue weighted by Gasteiger charge is 2.16. The van der Waals surface area contributed by atoms with E-state index in [-0.39, 0.29) is 5.69 Å². The van der Waals surface area contributed by atoms with Crippen molar-refractivity contribution in [1.29, 1.82) is 0 Å². The smallest absolute Gasteiger partial charge is 0.354 e. The molecule has 2 aromatic carbocycles. The van der Waals surface area contributed by atoms with E-state index < -0.39 is 5.97 Å². The van der Waals surface area contributed by atoms with Gasteiger partial charge in [-0.2, -0.15) is 0 Å². The molecule has 0 amide bonds. The zero-order valence-corrected chi connectivity index (χ0v) is 13.5. The van der Waals surface area contributed by atoms with Crippen LogP contribution in [0.3, 0.4) is 0 Å². The number of imidazole rings is 1. The van der Waals surface area contributed by atoms with E-state index in [2.05, 4.69) is 11.1 Å². The van der Waals surface area contributed by atoms with Gasteiger partial charge in [-0.05, 0) is 48.9 Å². The number of para-hydroxylation sites is 1. The minimum atomic E-state index is -1.06. The monoisotopic (exact) mass is 329 g/mol. The maximum absolute atomic E-state index is 11.3. The molecule has 2 aromatic heterocycles. The van der Waals surface area contributed by atoms with Gasteiger partial charge in [-0.25, -0.2) is 14.8 Å². The van der Waals surface area contributed by atoms with Gasteiger partial charge in [0.1, 0.15) is 11.4 Å². The summed E-state index contributed by atoms with van der Waals surface area (Å²) in [6, 6.07) is 20.9. The average molecular weight is 329 g/mol. The Labute approximate surface area is 144 Å². The van der Waals surface area contributed by atoms with Gasteiger partial charge in [0.25, 0.3) is 0 Å². The molecule has 0 radical (unpaired) electrons. The topological polar surface area (TPSA) is 68.0 Å². The molecule has 25 heavy (non-hydrogen) atoms. The molecule has 4 aromatic rings. The van der Waals surface area contributed by atoms with Crippen molar-refractivity contribution in [2.45, 2.75) is 6.92 Å². The van der Waals surface area contributed by atoms with Crippen molar-refractivity contribution >= 4 is 17.0 Å². The minimum absolute atomic E-state index is 0.000323. The highest BCUT2D eigenvalue weighted by Crippen LogP contribution is 2.28. The molecular formula is C20H15N3O2. The fourth-order valence-electron chi connectivity index (χ4n) is 2.87. The molecule has 122 valence electrons. The summed E-state index contributed by atoms with van der Waals surface area (Å²) in [7, 11) is 0. The molecule has 0 bridgehead atoms. The van der Waals surface area contributed by atoms with E-state index in [9.17, 15) is 9.90 Å². The van der Waals surface area contributed by atoms with Gasteiger partial charge in [0.2, 0.25) is 0 Å². The van der Waals surface area contributed by atoms with Crippen molar-refractivity contribution in [3.05, 3.63) is 78.0 Å². The van der Waals surface area contributed by atoms with Gasteiger partial charge in [-0.3, -0.25) is 4.57 Å². The van der Waals surface area contributed by atoms with Crippen molar-refractivity contribution in [3.8, 4) is 17.2 Å². The Kier molecular flexibility index (Phi) is 3.54. The Morgan fingerprint density at radius 1 is 0.960 bits per heavy atom. The summed E-state index contributed by atoms with van der Waals surface area (Å²) in [5, 5.41) is 9.23. The predicted octanol–water partition coefficient (Wildman–Crippen LogP) is 4.09. The molecule has 0 spiro atoms. The summed E-state index contributed by atoms with van der Waals surface area (Å²) >= 11 is 0. The summed E-state index contributed by atoms with van der Waals surface area (Å²) in [5.74, 6) is -0.435. The third-order valence-corrected chi connectivity index (χ3v) is 4.02. The first-order valence-electron chi connectivity index (χ1n) is 7.89. The molecule has 5 nitrogen and oxygen atoms in total. The number of aryl methyl sites for hydroxylation is 1. The summed E-state index contributed by atoms with van der Waals surface area (Å²) < 4.78 is 2.01. The molecule has 5 heteroatoms. The second-order valence-corrected chi connectivity index (χ2v) is 5.81. The Bertz CT molecular complexity index is 1080. The van der Waals surface area contributed by atoms with Crippen LogP contribution in [0.25, 0.3) is 28.2 Å². The van der Waals surface area contributed by atoms with Crippen LogP contribution in [-0.4, -0.2) is 25.6 Å². The summed E-state index contributed by atoms with van der Waals surface area (Å²) in [6.45, 7) is 2.03. The number of benzene rings is 2. The van der Waals surface area contributed by atoms with Gasteiger partial charge in [-0.1, -0.05) is 30.3 Å². The number of hydrogen-bond acceptors (Lipinski definition) is 3. The van der Waals surface area contributed by atoms with Crippen LogP contribution in [0, 0.1) is 6.92 Å². The molecule has 0 unspecified atom stereocenters. The predicted molar refractivity (Wildman–Crippen MR) is 96.0 cm³/mol. The maximum atomic E-state index is 11.3. The van der Waals surface area contributed by atoms with E-state index >= 15 is 0 Å². The SMILES string of the molecule is Cc1ccc2nc(-c3cccc(C(=O)O)n3)n(-c3ccccc3)c2c1. The molecule has 0 aliphatic rings. The minimum Gasteiger partial charge on any atom is -0.477 e. The van der Waals surface area contributed by atoms with Gasteiger partial charge in [-0.15, -0.1) is 0 Å². The van der Waals surface area contributed by atoms with Crippen LogP contribution < -0.4 is 0 Å². The maximum Gasteiger partial charge on any atom is 0.354 e. The molecule has 0 aliphatic carbocycles. The van der Waals surface area contributed by atoms with E-state index in [1.807, 2.05) is 54.0 Å². The number of carboxylic acids is 1. The zero-order valence-electron chi connectivity index (χ0n) is 13.5. The highest BCUT2D eigenvalue weighted by atomic mass is 16.4. The van der Waals surface area contributed by atoms with Crippen molar-refractivity contribution < 1.29 is 9.90 Å². The van der Waals surface area contributed by atoms with E-state index in [0.29, 0.717) is 11.5 Å². The van der Waals surface area contributed by atoms with Gasteiger partial charge in [0, 0.05) is 5.69 Å². The number of rotatable bonds is 3. The number of pyridine rings is 1. The van der Waals surface area contributed by atoms with Crippen LogP contribution in [0.4, 0.5) is 0 Å². The molecule has 0 fully saturated rings. The first-order valence-corrected chi connectivity index (χ1v) is 7.89. The van der Waals surface area contributed by atoms with Crippen molar-refractivity contribution in [3.63, 3.8) is 0 Å². The molecule has 0 saturated heterocycles. The number of aromatic nitrogens is 3. The lowest BCUT2D eigenvalue weighted by atomic mass is 10.2. The molecule has 0 aliphatic heterocycles. The summed E-state index contributed by atoms with van der Waals surface area (Å²) in [4.78, 5) is 20.2. The Morgan fingerprint density at radius 2 is 1.76 bits per heavy atom. The lowest BCUT2D eigenvalue weighted by molar-refractivity contribution is 0.0690. The van der Waals surface area contributed by atoms with Crippen molar-refractivity contribution in [2.24, 2.45) is 0 Å². The van der Waals surface area contributed by atoms with Gasteiger partial charge < -0.3 is 5.11 Å². The van der Waals surface area contributed by atoms with Gasteiger partial charge in [0.15, 0.2) is 5.82 Å². The van der Waals surface area contributed by atoms with Crippen LogP contribution in [0.2, 0.25) is 0 Å². The van der Waals surface area contributed by atoms with Crippen LogP contribution in [0.1, 0.15) is 16.1 Å². The van der Waals surface area contributed by atoms with Gasteiger partial charge >= 0.3 is 5.97 Å². The number of carboxylic acid groups (broad SMARTS) is 1. The lowest BCUT2D eigenvalue weighted by Gasteiger charge is -2.09. The number of aromatic carboxylic acids is 1. The Morgan fingerprint density at radius 3 is 2.52 bits per heavy atom. The van der Waals surface area contributed by atoms with Crippen LogP contribution in [0.15, 0.2) is 66.7 Å². The van der Waals surface area contributed by atoms with Crippen molar-refractivity contribution in [2.75, 3.05) is 0 Å².